The molecule has 0 heterocycles. The Morgan fingerprint density at radius 3 is 2.57 bits per heavy atom. The average Bonchev–Trinajstić information content (AvgIpc) is 1.68. The number of amidine groups is 1. The SMILES string of the molecule is C=CC(=N)NC=O. The molecule has 0 unspecified atom stereocenters. The molecule has 3 heteroatoms. The number of hydrogen-bond acceptors (Lipinski definition) is 2. The fraction of sp³-hybridized carbons (Fsp3) is 0. The largest absolute Gasteiger partial charge is 0.314 e. The summed E-state index contributed by atoms with van der Waals surface area (Å²) >= 11 is 0. The van der Waals surface area contributed by atoms with E-state index in [0.717, 1.165) is 0 Å². The second kappa shape index (κ2) is 3.08. The lowest BCUT2D eigenvalue weighted by atomic mass is 10.6. The van der Waals surface area contributed by atoms with Crippen molar-refractivity contribution in [1.29, 1.82) is 5.41 Å². The van der Waals surface area contributed by atoms with E-state index < -0.39 is 0 Å². The van der Waals surface area contributed by atoms with Gasteiger partial charge in [-0.05, 0) is 6.08 Å². The molecular formula is C4H6N2O. The fourth-order valence-electron chi connectivity index (χ4n) is 0.122. The maximum Gasteiger partial charge on any atom is 0.212 e. The molecule has 0 fully saturated rings. The van der Waals surface area contributed by atoms with Gasteiger partial charge in [0.25, 0.3) is 0 Å². The smallest absolute Gasteiger partial charge is 0.212 e. The van der Waals surface area contributed by atoms with Crippen LogP contribution in [0.15, 0.2) is 12.7 Å². The zero-order valence-electron chi connectivity index (χ0n) is 3.77. The third kappa shape index (κ3) is 2.69. The first-order valence-electron chi connectivity index (χ1n) is 1.72. The van der Waals surface area contributed by atoms with E-state index >= 15 is 0 Å². The van der Waals surface area contributed by atoms with E-state index in [1.807, 2.05) is 0 Å². The Labute approximate surface area is 41.5 Å². The highest BCUT2D eigenvalue weighted by molar-refractivity contribution is 5.96. The molecule has 0 bridgehead atoms. The lowest BCUT2D eigenvalue weighted by molar-refractivity contribution is -0.108. The van der Waals surface area contributed by atoms with Crippen molar-refractivity contribution in [2.24, 2.45) is 0 Å². The summed E-state index contributed by atoms with van der Waals surface area (Å²) in [6, 6.07) is 0. The lowest BCUT2D eigenvalue weighted by Gasteiger charge is -1.86. The molecule has 0 radical (unpaired) electrons. The van der Waals surface area contributed by atoms with Crippen LogP contribution in [-0.4, -0.2) is 12.2 Å². The summed E-state index contributed by atoms with van der Waals surface area (Å²) in [6.45, 7) is 3.23. The van der Waals surface area contributed by atoms with Gasteiger partial charge in [-0.1, -0.05) is 6.58 Å². The van der Waals surface area contributed by atoms with Crippen LogP contribution in [0, 0.1) is 5.41 Å². The van der Waals surface area contributed by atoms with Crippen molar-refractivity contribution in [3.63, 3.8) is 0 Å². The maximum absolute atomic E-state index is 9.47. The molecule has 0 rings (SSSR count). The van der Waals surface area contributed by atoms with Crippen molar-refractivity contribution >= 4 is 12.2 Å². The third-order valence-electron chi connectivity index (χ3n) is 0.419. The molecule has 0 aliphatic carbocycles. The molecule has 7 heavy (non-hydrogen) atoms. The minimum Gasteiger partial charge on any atom is -0.314 e. The van der Waals surface area contributed by atoms with Crippen molar-refractivity contribution in [3.8, 4) is 0 Å². The lowest BCUT2D eigenvalue weighted by Crippen LogP contribution is -2.16. The summed E-state index contributed by atoms with van der Waals surface area (Å²) in [4.78, 5) is 9.47. The molecule has 3 nitrogen and oxygen atoms in total. The molecule has 0 spiro atoms. The summed E-state index contributed by atoms with van der Waals surface area (Å²) in [6.07, 6.45) is 1.68. The second-order valence-corrected chi connectivity index (χ2v) is 0.880. The van der Waals surface area contributed by atoms with Crippen molar-refractivity contribution in [2.75, 3.05) is 0 Å². The topological polar surface area (TPSA) is 53.0 Å². The Bertz CT molecular complexity index is 97.9. The Balaban J connectivity index is 3.36. The minimum atomic E-state index is 0.0231. The molecule has 0 aliphatic rings. The zero-order chi connectivity index (χ0) is 5.70. The quantitative estimate of drug-likeness (QED) is 0.283. The monoisotopic (exact) mass is 98.0 g/mol. The summed E-state index contributed by atoms with van der Waals surface area (Å²) in [5.74, 6) is 0.0231. The van der Waals surface area contributed by atoms with Crippen LogP contribution in [0.4, 0.5) is 0 Å². The normalized spacial score (nSPS) is 6.86. The van der Waals surface area contributed by atoms with E-state index in [0.29, 0.717) is 6.41 Å². The van der Waals surface area contributed by atoms with Crippen molar-refractivity contribution in [3.05, 3.63) is 12.7 Å². The van der Waals surface area contributed by atoms with Crippen molar-refractivity contribution < 1.29 is 4.79 Å². The van der Waals surface area contributed by atoms with Gasteiger partial charge in [0, 0.05) is 0 Å². The highest BCUT2D eigenvalue weighted by Gasteiger charge is 1.78. The van der Waals surface area contributed by atoms with Crippen molar-refractivity contribution in [2.45, 2.75) is 0 Å². The van der Waals surface area contributed by atoms with Crippen LogP contribution < -0.4 is 5.32 Å². The Morgan fingerprint density at radius 1 is 1.86 bits per heavy atom. The average molecular weight is 98.1 g/mol. The van der Waals surface area contributed by atoms with Gasteiger partial charge in [0.15, 0.2) is 0 Å². The first-order chi connectivity index (χ1) is 3.31. The number of hydrogen-bond donors (Lipinski definition) is 2. The molecule has 38 valence electrons. The van der Waals surface area contributed by atoms with Crippen LogP contribution in [0.3, 0.4) is 0 Å². The molecule has 0 aromatic carbocycles. The van der Waals surface area contributed by atoms with Gasteiger partial charge in [-0.15, -0.1) is 0 Å². The molecule has 2 N–H and O–H groups in total. The van der Waals surface area contributed by atoms with Crippen LogP contribution in [0.5, 0.6) is 0 Å². The molecule has 0 saturated carbocycles. The number of carbonyl (C=O) groups is 1. The predicted molar refractivity (Wildman–Crippen MR) is 27.1 cm³/mol. The van der Waals surface area contributed by atoms with Crippen LogP contribution >= 0.6 is 0 Å². The Hall–Kier alpha value is -1.12. The van der Waals surface area contributed by atoms with E-state index in [2.05, 4.69) is 11.9 Å². The predicted octanol–water partition coefficient (Wildman–Crippen LogP) is -0.104. The third-order valence-corrected chi connectivity index (χ3v) is 0.419. The molecule has 0 aliphatic heterocycles. The van der Waals surface area contributed by atoms with E-state index in [-0.39, 0.29) is 5.84 Å². The van der Waals surface area contributed by atoms with Crippen LogP contribution in [0.1, 0.15) is 0 Å². The molecular weight excluding hydrogens is 92.1 g/mol. The highest BCUT2D eigenvalue weighted by atomic mass is 16.1. The van der Waals surface area contributed by atoms with E-state index in [1.165, 1.54) is 6.08 Å². The number of carbonyl (C=O) groups excluding carboxylic acids is 1. The molecule has 0 saturated heterocycles. The summed E-state index contributed by atoms with van der Waals surface area (Å²) in [7, 11) is 0. The van der Waals surface area contributed by atoms with Crippen molar-refractivity contribution in [1.82, 2.24) is 5.32 Å². The number of amides is 1. The van der Waals surface area contributed by atoms with Gasteiger partial charge in [-0.3, -0.25) is 10.2 Å². The van der Waals surface area contributed by atoms with Gasteiger partial charge in [-0.2, -0.15) is 0 Å². The molecule has 0 atom stereocenters. The first-order valence-corrected chi connectivity index (χ1v) is 1.72. The first kappa shape index (κ1) is 5.88. The summed E-state index contributed by atoms with van der Waals surface area (Å²) < 4.78 is 0. The van der Waals surface area contributed by atoms with E-state index in [9.17, 15) is 4.79 Å². The van der Waals surface area contributed by atoms with Gasteiger partial charge in [0.1, 0.15) is 5.84 Å². The fourth-order valence-corrected chi connectivity index (χ4v) is 0.122. The highest BCUT2D eigenvalue weighted by Crippen LogP contribution is 1.59. The van der Waals surface area contributed by atoms with Crippen LogP contribution in [0.2, 0.25) is 0 Å². The van der Waals surface area contributed by atoms with Gasteiger partial charge in [0.05, 0.1) is 0 Å². The maximum atomic E-state index is 9.47. The zero-order valence-corrected chi connectivity index (χ0v) is 3.77. The second-order valence-electron chi connectivity index (χ2n) is 0.880. The molecule has 0 aromatic rings. The number of rotatable bonds is 2. The Kier molecular flexibility index (Phi) is 2.59. The summed E-state index contributed by atoms with van der Waals surface area (Å²) in [5, 5.41) is 8.76. The van der Waals surface area contributed by atoms with Crippen LogP contribution in [-0.2, 0) is 4.79 Å². The van der Waals surface area contributed by atoms with Gasteiger partial charge in [-0.25, -0.2) is 0 Å². The van der Waals surface area contributed by atoms with Gasteiger partial charge >= 0.3 is 0 Å². The van der Waals surface area contributed by atoms with E-state index in [1.54, 1.807) is 0 Å². The van der Waals surface area contributed by atoms with E-state index in [4.69, 9.17) is 5.41 Å². The minimum absolute atomic E-state index is 0.0231. The summed E-state index contributed by atoms with van der Waals surface area (Å²) in [5.41, 5.74) is 0. The molecule has 1 amide bonds. The Morgan fingerprint density at radius 2 is 2.43 bits per heavy atom. The standard InChI is InChI=1S/C4H6N2O/c1-2-4(5)6-3-7/h2-3H,1H2,(H2,5,6,7). The van der Waals surface area contributed by atoms with Gasteiger partial charge < -0.3 is 5.32 Å². The van der Waals surface area contributed by atoms with Gasteiger partial charge in [0.2, 0.25) is 6.41 Å². The van der Waals surface area contributed by atoms with Crippen LogP contribution in [0.25, 0.3) is 0 Å². The number of nitrogens with one attached hydrogen (secondary N) is 2. The molecule has 0 aromatic heterocycles.